The topological polar surface area (TPSA) is 49.4 Å². The molecule has 106 valence electrons. The highest BCUT2D eigenvalue weighted by Gasteiger charge is 2.30. The van der Waals surface area contributed by atoms with Crippen molar-refractivity contribution in [2.45, 2.75) is 12.5 Å². The highest BCUT2D eigenvalue weighted by Crippen LogP contribution is 2.17. The van der Waals surface area contributed by atoms with Crippen LogP contribution >= 0.6 is 15.9 Å². The molecule has 1 N–H and O–H groups in total. The van der Waals surface area contributed by atoms with E-state index in [1.54, 1.807) is 0 Å². The zero-order valence-corrected chi connectivity index (χ0v) is 13.4. The van der Waals surface area contributed by atoms with Gasteiger partial charge in [0.05, 0.1) is 11.5 Å². The number of likely N-dealkylation sites (N-methyl/N-ethyl adjacent to an activating group) is 1. The number of rotatable bonds is 5. The van der Waals surface area contributed by atoms with Crippen molar-refractivity contribution >= 4 is 31.5 Å². The van der Waals surface area contributed by atoms with Gasteiger partial charge in [0.1, 0.15) is 0 Å². The van der Waals surface area contributed by atoms with E-state index in [9.17, 15) is 8.42 Å². The van der Waals surface area contributed by atoms with Crippen molar-refractivity contribution in [2.24, 2.45) is 0 Å². The molecule has 1 aliphatic rings. The molecule has 6 heteroatoms. The highest BCUT2D eigenvalue weighted by atomic mass is 79.9. The predicted octanol–water partition coefficient (Wildman–Crippen LogP) is 1.98. The number of hydrogen-bond acceptors (Lipinski definition) is 4. The summed E-state index contributed by atoms with van der Waals surface area (Å²) < 4.78 is 23.9. The number of benzene rings is 1. The summed E-state index contributed by atoms with van der Waals surface area (Å²) >= 11 is 3.40. The lowest BCUT2D eigenvalue weighted by Gasteiger charge is -2.23. The minimum Gasteiger partial charge on any atom is -0.384 e. The average Bonchev–Trinajstić information content (AvgIpc) is 2.72. The predicted molar refractivity (Wildman–Crippen MR) is 82.3 cm³/mol. The lowest BCUT2D eigenvalue weighted by molar-refractivity contribution is 0.272. The molecule has 0 amide bonds. The second kappa shape index (κ2) is 6.24. The maximum atomic E-state index is 11.4. The van der Waals surface area contributed by atoms with E-state index in [1.165, 1.54) is 0 Å². The lowest BCUT2D eigenvalue weighted by atomic mass is 10.2. The van der Waals surface area contributed by atoms with Gasteiger partial charge in [-0.05, 0) is 37.7 Å². The zero-order valence-electron chi connectivity index (χ0n) is 11.0. The molecule has 1 heterocycles. The van der Waals surface area contributed by atoms with E-state index < -0.39 is 9.84 Å². The number of hydrogen-bond donors (Lipinski definition) is 1. The number of halogens is 1. The molecule has 1 aliphatic heterocycles. The molecule has 1 fully saturated rings. The molecule has 1 aromatic rings. The Kier molecular flexibility index (Phi) is 4.86. The van der Waals surface area contributed by atoms with E-state index in [1.807, 2.05) is 31.3 Å². The van der Waals surface area contributed by atoms with Crippen molar-refractivity contribution in [3.8, 4) is 0 Å². The minimum atomic E-state index is -2.79. The molecular formula is C13H19BrN2O2S. The number of nitrogens with zero attached hydrogens (tertiary/aromatic N) is 1. The van der Waals surface area contributed by atoms with Crippen molar-refractivity contribution in [1.29, 1.82) is 0 Å². The molecule has 0 bridgehead atoms. The molecule has 2 rings (SSSR count). The summed E-state index contributed by atoms with van der Waals surface area (Å²) in [6, 6.07) is 8.20. The van der Waals surface area contributed by atoms with Crippen LogP contribution in [0.1, 0.15) is 6.42 Å². The third-order valence-corrected chi connectivity index (χ3v) is 5.75. The summed E-state index contributed by atoms with van der Waals surface area (Å²) in [6.45, 7) is 1.66. The normalized spacial score (nSPS) is 21.7. The van der Waals surface area contributed by atoms with Crippen molar-refractivity contribution in [3.05, 3.63) is 28.7 Å². The van der Waals surface area contributed by atoms with Crippen molar-refractivity contribution in [2.75, 3.05) is 37.0 Å². The molecule has 1 atom stereocenters. The third-order valence-electron chi connectivity index (χ3n) is 3.47. The molecule has 0 spiro atoms. The second-order valence-electron chi connectivity index (χ2n) is 4.97. The van der Waals surface area contributed by atoms with Crippen LogP contribution in [0, 0.1) is 0 Å². The summed E-state index contributed by atoms with van der Waals surface area (Å²) in [6.07, 6.45) is 0.761. The summed E-state index contributed by atoms with van der Waals surface area (Å²) in [5, 5.41) is 3.34. The van der Waals surface area contributed by atoms with Crippen LogP contribution in [0.15, 0.2) is 28.7 Å². The average molecular weight is 347 g/mol. The van der Waals surface area contributed by atoms with Crippen LogP contribution < -0.4 is 5.32 Å². The molecule has 1 unspecified atom stereocenters. The molecule has 0 aliphatic carbocycles. The van der Waals surface area contributed by atoms with Gasteiger partial charge >= 0.3 is 0 Å². The highest BCUT2D eigenvalue weighted by molar-refractivity contribution is 9.10. The molecule has 0 aromatic heterocycles. The van der Waals surface area contributed by atoms with Crippen LogP contribution in [-0.2, 0) is 9.84 Å². The zero-order chi connectivity index (χ0) is 13.9. The Labute approximate surface area is 123 Å². The fourth-order valence-corrected chi connectivity index (χ4v) is 4.32. The first kappa shape index (κ1) is 14.8. The number of anilines is 1. The molecular weight excluding hydrogens is 328 g/mol. The van der Waals surface area contributed by atoms with Crippen LogP contribution in [-0.4, -0.2) is 51.0 Å². The Morgan fingerprint density at radius 2 is 2.05 bits per heavy atom. The van der Waals surface area contributed by atoms with Gasteiger partial charge < -0.3 is 10.2 Å². The van der Waals surface area contributed by atoms with Crippen LogP contribution in [0.2, 0.25) is 0 Å². The first-order valence-corrected chi connectivity index (χ1v) is 8.98. The first-order valence-electron chi connectivity index (χ1n) is 6.36. The van der Waals surface area contributed by atoms with Crippen molar-refractivity contribution in [1.82, 2.24) is 4.90 Å². The Balaban J connectivity index is 1.75. The lowest BCUT2D eigenvalue weighted by Crippen LogP contribution is -2.36. The minimum absolute atomic E-state index is 0.178. The first-order chi connectivity index (χ1) is 8.96. The van der Waals surface area contributed by atoms with Gasteiger partial charge in [-0.3, -0.25) is 0 Å². The number of nitrogens with one attached hydrogen (secondary N) is 1. The van der Waals surface area contributed by atoms with Crippen molar-refractivity contribution in [3.63, 3.8) is 0 Å². The molecule has 0 saturated carbocycles. The van der Waals surface area contributed by atoms with Crippen LogP contribution in [0.5, 0.6) is 0 Å². The van der Waals surface area contributed by atoms with E-state index >= 15 is 0 Å². The second-order valence-corrected chi connectivity index (χ2v) is 8.12. The summed E-state index contributed by atoms with van der Waals surface area (Å²) in [4.78, 5) is 2.14. The molecule has 1 aromatic carbocycles. The summed E-state index contributed by atoms with van der Waals surface area (Å²) in [7, 11) is -0.795. The van der Waals surface area contributed by atoms with Gasteiger partial charge in [-0.15, -0.1) is 0 Å². The van der Waals surface area contributed by atoms with E-state index in [0.29, 0.717) is 11.5 Å². The van der Waals surface area contributed by atoms with E-state index in [2.05, 4.69) is 26.1 Å². The van der Waals surface area contributed by atoms with Gasteiger partial charge in [0.15, 0.2) is 9.84 Å². The Morgan fingerprint density at radius 3 is 2.63 bits per heavy atom. The molecule has 1 saturated heterocycles. The SMILES string of the molecule is CN(CCNc1ccc(Br)cc1)C1CCS(=O)(=O)C1. The molecule has 19 heavy (non-hydrogen) atoms. The Bertz CT molecular complexity index is 516. The fourth-order valence-electron chi connectivity index (χ4n) is 2.25. The van der Waals surface area contributed by atoms with Gasteiger partial charge in [0.25, 0.3) is 0 Å². The van der Waals surface area contributed by atoms with Gasteiger partial charge in [-0.1, -0.05) is 15.9 Å². The monoisotopic (exact) mass is 346 g/mol. The van der Waals surface area contributed by atoms with Gasteiger partial charge in [-0.2, -0.15) is 0 Å². The van der Waals surface area contributed by atoms with Crippen molar-refractivity contribution < 1.29 is 8.42 Å². The smallest absolute Gasteiger partial charge is 0.151 e. The van der Waals surface area contributed by atoms with E-state index in [-0.39, 0.29) is 6.04 Å². The summed E-state index contributed by atoms with van der Waals surface area (Å²) in [5.74, 6) is 0.643. The standard InChI is InChI=1S/C13H19BrN2O2S/c1-16(13-6-9-19(17,18)10-13)8-7-15-12-4-2-11(14)3-5-12/h2-5,13,15H,6-10H2,1H3. The van der Waals surface area contributed by atoms with Crippen LogP contribution in [0.3, 0.4) is 0 Å². The van der Waals surface area contributed by atoms with Gasteiger partial charge in [0.2, 0.25) is 0 Å². The maximum absolute atomic E-state index is 11.4. The fraction of sp³-hybridized carbons (Fsp3) is 0.538. The quantitative estimate of drug-likeness (QED) is 0.885. The largest absolute Gasteiger partial charge is 0.384 e. The van der Waals surface area contributed by atoms with Gasteiger partial charge in [-0.25, -0.2) is 8.42 Å². The number of sulfone groups is 1. The Hall–Kier alpha value is -0.590. The molecule has 0 radical (unpaired) electrons. The van der Waals surface area contributed by atoms with Crippen LogP contribution in [0.25, 0.3) is 0 Å². The maximum Gasteiger partial charge on any atom is 0.151 e. The van der Waals surface area contributed by atoms with Crippen LogP contribution in [0.4, 0.5) is 5.69 Å². The van der Waals surface area contributed by atoms with E-state index in [0.717, 1.165) is 29.7 Å². The molecule has 4 nitrogen and oxygen atoms in total. The Morgan fingerprint density at radius 1 is 1.37 bits per heavy atom. The third kappa shape index (κ3) is 4.47. The van der Waals surface area contributed by atoms with E-state index in [4.69, 9.17) is 0 Å². The summed E-state index contributed by atoms with van der Waals surface area (Å²) in [5.41, 5.74) is 1.08. The van der Waals surface area contributed by atoms with Gasteiger partial charge in [0, 0.05) is 29.3 Å².